The summed E-state index contributed by atoms with van der Waals surface area (Å²) < 4.78 is 5.50. The number of likely N-dealkylation sites (tertiary alicyclic amines) is 1. The molecule has 1 aliphatic heterocycles. The summed E-state index contributed by atoms with van der Waals surface area (Å²) in [5, 5.41) is 0.687. The van der Waals surface area contributed by atoms with Crippen LogP contribution in [0.2, 0.25) is 5.02 Å². The molecule has 2 fully saturated rings. The second-order valence-electron chi connectivity index (χ2n) is 8.81. The third-order valence-corrected chi connectivity index (χ3v) is 5.70. The van der Waals surface area contributed by atoms with E-state index in [1.807, 2.05) is 54.8 Å². The average Bonchev–Trinajstić information content (AvgIpc) is 3.09. The normalized spacial score (nSPS) is 24.6. The fourth-order valence-corrected chi connectivity index (χ4v) is 4.54. The first-order valence-electron chi connectivity index (χ1n) is 9.62. The smallest absolute Gasteiger partial charge is 0.410 e. The number of fused-ring (bicyclic) bond motifs is 1. The molecule has 5 nitrogen and oxygen atoms in total. The van der Waals surface area contributed by atoms with Gasteiger partial charge in [0.25, 0.3) is 0 Å². The van der Waals surface area contributed by atoms with Crippen molar-refractivity contribution in [3.63, 3.8) is 0 Å². The van der Waals surface area contributed by atoms with E-state index < -0.39 is 5.60 Å². The topological polar surface area (TPSA) is 49.9 Å². The lowest BCUT2D eigenvalue weighted by molar-refractivity contribution is -0.131. The maximum atomic E-state index is 12.3. The predicted octanol–water partition coefficient (Wildman–Crippen LogP) is 4.33. The summed E-state index contributed by atoms with van der Waals surface area (Å²) in [6.07, 6.45) is 1.64. The number of nitrogens with zero attached hydrogens (tertiary/aromatic N) is 2. The first-order chi connectivity index (χ1) is 12.6. The molecule has 1 aromatic carbocycles. The van der Waals surface area contributed by atoms with Crippen LogP contribution in [0.3, 0.4) is 0 Å². The monoisotopic (exact) mass is 392 g/mol. The van der Waals surface area contributed by atoms with Gasteiger partial charge in [0.15, 0.2) is 0 Å². The molecule has 0 aromatic heterocycles. The van der Waals surface area contributed by atoms with Gasteiger partial charge >= 0.3 is 6.09 Å². The van der Waals surface area contributed by atoms with Crippen molar-refractivity contribution in [2.75, 3.05) is 13.1 Å². The molecular weight excluding hydrogens is 364 g/mol. The van der Waals surface area contributed by atoms with E-state index in [-0.39, 0.29) is 18.0 Å². The number of halogens is 1. The van der Waals surface area contributed by atoms with E-state index >= 15 is 0 Å². The van der Waals surface area contributed by atoms with Crippen LogP contribution in [-0.4, -0.2) is 46.5 Å². The summed E-state index contributed by atoms with van der Waals surface area (Å²) in [5.74, 6) is 0.955. The molecule has 1 saturated heterocycles. The molecule has 1 heterocycles. The summed E-state index contributed by atoms with van der Waals surface area (Å²) in [7, 11) is 0. The summed E-state index contributed by atoms with van der Waals surface area (Å²) in [5.41, 5.74) is 0.574. The van der Waals surface area contributed by atoms with E-state index in [2.05, 4.69) is 0 Å². The van der Waals surface area contributed by atoms with Crippen LogP contribution in [-0.2, 0) is 16.1 Å². The van der Waals surface area contributed by atoms with Gasteiger partial charge in [0.1, 0.15) is 5.60 Å². The number of hydrogen-bond donors (Lipinski definition) is 0. The van der Waals surface area contributed by atoms with Crippen molar-refractivity contribution in [1.82, 2.24) is 9.80 Å². The highest BCUT2D eigenvalue weighted by Gasteiger charge is 2.45. The molecule has 1 aromatic rings. The molecule has 6 heteroatoms. The Morgan fingerprint density at radius 2 is 1.85 bits per heavy atom. The molecule has 3 atom stereocenters. The van der Waals surface area contributed by atoms with Crippen LogP contribution in [0.15, 0.2) is 24.3 Å². The molecule has 2 aliphatic rings. The lowest BCUT2D eigenvalue weighted by Gasteiger charge is -2.30. The van der Waals surface area contributed by atoms with Crippen LogP contribution in [0.25, 0.3) is 0 Å². The summed E-state index contributed by atoms with van der Waals surface area (Å²) in [6.45, 7) is 9.31. The van der Waals surface area contributed by atoms with Crippen LogP contribution in [0.4, 0.5) is 4.79 Å². The lowest BCUT2D eigenvalue weighted by atomic mass is 10.0. The first-order valence-corrected chi connectivity index (χ1v) is 10.00. The minimum Gasteiger partial charge on any atom is -0.444 e. The zero-order valence-electron chi connectivity index (χ0n) is 16.6. The van der Waals surface area contributed by atoms with Gasteiger partial charge < -0.3 is 14.5 Å². The minimum absolute atomic E-state index is 0.0870. The van der Waals surface area contributed by atoms with Gasteiger partial charge in [-0.1, -0.05) is 23.7 Å². The zero-order chi connectivity index (χ0) is 19.8. The van der Waals surface area contributed by atoms with E-state index in [9.17, 15) is 9.59 Å². The molecule has 3 rings (SSSR count). The van der Waals surface area contributed by atoms with E-state index in [0.29, 0.717) is 23.4 Å². The fourth-order valence-electron chi connectivity index (χ4n) is 4.33. The van der Waals surface area contributed by atoms with Crippen LogP contribution in [0.1, 0.15) is 46.1 Å². The highest BCUT2D eigenvalue weighted by Crippen LogP contribution is 2.41. The van der Waals surface area contributed by atoms with Crippen LogP contribution >= 0.6 is 11.6 Å². The van der Waals surface area contributed by atoms with Crippen molar-refractivity contribution in [3.05, 3.63) is 34.9 Å². The van der Waals surface area contributed by atoms with Crippen LogP contribution in [0.5, 0.6) is 0 Å². The molecule has 2 amide bonds. The standard InChI is InChI=1S/C21H29ClN2O3/c1-14(25)24(11-15-6-5-7-18(22)8-15)19-9-16-12-23(13-17(16)10-19)20(26)27-21(2,3)4/h5-8,16-17,19H,9-13H2,1-4H3/t16-,17+,19?. The lowest BCUT2D eigenvalue weighted by Crippen LogP contribution is -2.39. The maximum absolute atomic E-state index is 12.3. The third kappa shape index (κ3) is 4.95. The van der Waals surface area contributed by atoms with Gasteiger partial charge in [-0.05, 0) is 63.1 Å². The van der Waals surface area contributed by atoms with Crippen molar-refractivity contribution in [2.45, 2.75) is 58.7 Å². The Morgan fingerprint density at radius 1 is 1.22 bits per heavy atom. The summed E-state index contributed by atoms with van der Waals surface area (Å²) >= 11 is 6.08. The predicted molar refractivity (Wildman–Crippen MR) is 105 cm³/mol. The molecule has 1 unspecified atom stereocenters. The van der Waals surface area contributed by atoms with Crippen molar-refractivity contribution >= 4 is 23.6 Å². The number of benzene rings is 1. The first kappa shape index (κ1) is 20.0. The van der Waals surface area contributed by atoms with Gasteiger partial charge in [0.05, 0.1) is 0 Å². The molecule has 0 bridgehead atoms. The van der Waals surface area contributed by atoms with Gasteiger partial charge in [-0.15, -0.1) is 0 Å². The quantitative estimate of drug-likeness (QED) is 0.769. The Balaban J connectivity index is 1.61. The van der Waals surface area contributed by atoms with E-state index in [1.165, 1.54) is 0 Å². The van der Waals surface area contributed by atoms with Crippen molar-refractivity contribution < 1.29 is 14.3 Å². The molecular formula is C21H29ClN2O3. The zero-order valence-corrected chi connectivity index (χ0v) is 17.3. The number of amides is 2. The Morgan fingerprint density at radius 3 is 2.37 bits per heavy atom. The maximum Gasteiger partial charge on any atom is 0.410 e. The third-order valence-electron chi connectivity index (χ3n) is 5.46. The Labute approximate surface area is 166 Å². The van der Waals surface area contributed by atoms with E-state index in [0.717, 1.165) is 31.5 Å². The van der Waals surface area contributed by atoms with E-state index in [4.69, 9.17) is 16.3 Å². The van der Waals surface area contributed by atoms with Gasteiger partial charge in [-0.2, -0.15) is 0 Å². The Hall–Kier alpha value is -1.75. The van der Waals surface area contributed by atoms with Gasteiger partial charge in [0.2, 0.25) is 5.91 Å². The summed E-state index contributed by atoms with van der Waals surface area (Å²) in [4.78, 5) is 28.4. The molecule has 1 aliphatic carbocycles. The second-order valence-corrected chi connectivity index (χ2v) is 9.24. The van der Waals surface area contributed by atoms with Crippen molar-refractivity contribution in [3.8, 4) is 0 Å². The second kappa shape index (κ2) is 7.70. The molecule has 0 radical (unpaired) electrons. The summed E-state index contributed by atoms with van der Waals surface area (Å²) in [6, 6.07) is 7.89. The molecule has 0 spiro atoms. The Kier molecular flexibility index (Phi) is 5.71. The molecule has 0 N–H and O–H groups in total. The number of rotatable bonds is 3. The van der Waals surface area contributed by atoms with Gasteiger partial charge in [-0.3, -0.25) is 4.79 Å². The van der Waals surface area contributed by atoms with Crippen molar-refractivity contribution in [1.29, 1.82) is 0 Å². The van der Waals surface area contributed by atoms with Crippen LogP contribution < -0.4 is 0 Å². The highest BCUT2D eigenvalue weighted by molar-refractivity contribution is 6.30. The number of ether oxygens (including phenoxy) is 1. The fraction of sp³-hybridized carbons (Fsp3) is 0.619. The number of carbonyl (C=O) groups excluding carboxylic acids is 2. The van der Waals surface area contributed by atoms with Crippen LogP contribution in [0, 0.1) is 11.8 Å². The minimum atomic E-state index is -0.473. The van der Waals surface area contributed by atoms with Gasteiger partial charge in [0, 0.05) is 37.6 Å². The number of hydrogen-bond acceptors (Lipinski definition) is 3. The Bertz CT molecular complexity index is 702. The van der Waals surface area contributed by atoms with Crippen molar-refractivity contribution in [2.24, 2.45) is 11.8 Å². The SMILES string of the molecule is CC(=O)N(Cc1cccc(Cl)c1)C1C[C@@H]2CN(C(=O)OC(C)(C)C)C[C@@H]2C1. The average molecular weight is 393 g/mol. The molecule has 27 heavy (non-hydrogen) atoms. The largest absolute Gasteiger partial charge is 0.444 e. The van der Waals surface area contributed by atoms with Gasteiger partial charge in [-0.25, -0.2) is 4.79 Å². The van der Waals surface area contributed by atoms with E-state index in [1.54, 1.807) is 6.92 Å². The number of carbonyl (C=O) groups is 2. The molecule has 1 saturated carbocycles. The highest BCUT2D eigenvalue weighted by atomic mass is 35.5. The molecule has 148 valence electrons.